The highest BCUT2D eigenvalue weighted by Crippen LogP contribution is 2.25. The number of pyridine rings is 1. The van der Waals surface area contributed by atoms with Crippen LogP contribution in [0.4, 0.5) is 16.3 Å². The SMILES string of the molecule is CCNC(=O)NCCCn1c(-c2ccc(N3CCOCC3)cc2)cs/c1=N\c1ccc(OC)cn1. The molecule has 1 aliphatic heterocycles. The quantitative estimate of drug-likeness (QED) is 0.443. The number of amides is 2. The van der Waals surface area contributed by atoms with Gasteiger partial charge in [-0.25, -0.2) is 14.8 Å². The Morgan fingerprint density at radius 2 is 1.97 bits per heavy atom. The zero-order chi connectivity index (χ0) is 24.5. The summed E-state index contributed by atoms with van der Waals surface area (Å²) in [6, 6.07) is 12.2. The Bertz CT molecular complexity index is 1150. The van der Waals surface area contributed by atoms with E-state index in [1.54, 1.807) is 24.6 Å². The summed E-state index contributed by atoms with van der Waals surface area (Å²) in [5, 5.41) is 7.79. The summed E-state index contributed by atoms with van der Waals surface area (Å²) in [7, 11) is 1.62. The van der Waals surface area contributed by atoms with E-state index in [1.807, 2.05) is 19.1 Å². The molecule has 2 aromatic heterocycles. The average molecular weight is 497 g/mol. The van der Waals surface area contributed by atoms with Crippen molar-refractivity contribution in [2.24, 2.45) is 4.99 Å². The summed E-state index contributed by atoms with van der Waals surface area (Å²) >= 11 is 1.58. The van der Waals surface area contributed by atoms with Crippen molar-refractivity contribution < 1.29 is 14.3 Å². The molecule has 10 heteroatoms. The first-order chi connectivity index (χ1) is 17.2. The molecule has 35 heavy (non-hydrogen) atoms. The number of urea groups is 1. The number of morpholine rings is 1. The molecular formula is C25H32N6O3S. The van der Waals surface area contributed by atoms with Gasteiger partial charge >= 0.3 is 6.03 Å². The number of nitrogens with one attached hydrogen (secondary N) is 2. The van der Waals surface area contributed by atoms with Gasteiger partial charge in [0.25, 0.3) is 0 Å². The van der Waals surface area contributed by atoms with Crippen LogP contribution in [0.15, 0.2) is 53.0 Å². The van der Waals surface area contributed by atoms with Gasteiger partial charge in [0.05, 0.1) is 32.2 Å². The molecule has 0 atom stereocenters. The lowest BCUT2D eigenvalue weighted by atomic mass is 10.1. The summed E-state index contributed by atoms with van der Waals surface area (Å²) in [4.78, 5) is 24.1. The fourth-order valence-electron chi connectivity index (χ4n) is 3.85. The molecule has 9 nitrogen and oxygen atoms in total. The summed E-state index contributed by atoms with van der Waals surface area (Å²) in [5.41, 5.74) is 3.42. The van der Waals surface area contributed by atoms with E-state index in [2.05, 4.69) is 54.7 Å². The standard InChI is InChI=1S/C25H32N6O3S/c1-3-26-24(32)27-11-4-12-31-22(18-35-25(31)29-23-10-9-21(33-2)17-28-23)19-5-7-20(8-6-19)30-13-15-34-16-14-30/h5-10,17-18H,3-4,11-16H2,1-2H3,(H2,26,27,32)/b29-25-. The second kappa shape index (κ2) is 12.4. The minimum absolute atomic E-state index is 0.144. The minimum atomic E-state index is -0.144. The fraction of sp³-hybridized carbons (Fsp3) is 0.400. The molecule has 0 bridgehead atoms. The van der Waals surface area contributed by atoms with E-state index in [-0.39, 0.29) is 6.03 Å². The van der Waals surface area contributed by atoms with Crippen LogP contribution in [0.5, 0.6) is 5.75 Å². The molecule has 0 unspecified atom stereocenters. The van der Waals surface area contributed by atoms with Gasteiger partial charge in [-0.2, -0.15) is 0 Å². The van der Waals surface area contributed by atoms with E-state index in [9.17, 15) is 4.79 Å². The maximum atomic E-state index is 11.7. The van der Waals surface area contributed by atoms with E-state index in [0.717, 1.165) is 48.8 Å². The number of methoxy groups -OCH3 is 1. The fourth-order valence-corrected chi connectivity index (χ4v) is 4.79. The van der Waals surface area contributed by atoms with Crippen molar-refractivity contribution in [1.82, 2.24) is 20.2 Å². The minimum Gasteiger partial charge on any atom is -0.495 e. The van der Waals surface area contributed by atoms with Gasteiger partial charge in [-0.3, -0.25) is 0 Å². The Morgan fingerprint density at radius 3 is 2.66 bits per heavy atom. The van der Waals surface area contributed by atoms with Crippen LogP contribution < -0.4 is 25.1 Å². The summed E-state index contributed by atoms with van der Waals surface area (Å²) in [6.07, 6.45) is 2.44. The van der Waals surface area contributed by atoms with Gasteiger partial charge in [0, 0.05) is 43.8 Å². The van der Waals surface area contributed by atoms with E-state index in [0.29, 0.717) is 31.2 Å². The molecule has 4 rings (SSSR count). The van der Waals surface area contributed by atoms with Crippen LogP contribution in [-0.4, -0.2) is 62.1 Å². The molecule has 1 fully saturated rings. The topological polar surface area (TPSA) is 93.0 Å². The number of hydrogen-bond donors (Lipinski definition) is 2. The third-order valence-corrected chi connectivity index (χ3v) is 6.55. The monoisotopic (exact) mass is 496 g/mol. The van der Waals surface area contributed by atoms with Gasteiger partial charge in [-0.15, -0.1) is 11.3 Å². The van der Waals surface area contributed by atoms with Gasteiger partial charge < -0.3 is 29.6 Å². The van der Waals surface area contributed by atoms with Crippen LogP contribution >= 0.6 is 11.3 Å². The number of anilines is 1. The third kappa shape index (κ3) is 6.61. The van der Waals surface area contributed by atoms with Gasteiger partial charge in [0.15, 0.2) is 10.6 Å². The summed E-state index contributed by atoms with van der Waals surface area (Å²) in [6.45, 7) is 7.14. The highest BCUT2D eigenvalue weighted by Gasteiger charge is 2.13. The first-order valence-electron chi connectivity index (χ1n) is 11.9. The smallest absolute Gasteiger partial charge is 0.314 e. The lowest BCUT2D eigenvalue weighted by molar-refractivity contribution is 0.122. The first-order valence-corrected chi connectivity index (χ1v) is 12.7. The Balaban J connectivity index is 1.57. The average Bonchev–Trinajstić information content (AvgIpc) is 3.30. The Kier molecular flexibility index (Phi) is 8.74. The second-order valence-electron chi connectivity index (χ2n) is 8.01. The largest absolute Gasteiger partial charge is 0.495 e. The Labute approximate surface area is 209 Å². The van der Waals surface area contributed by atoms with E-state index in [4.69, 9.17) is 14.5 Å². The number of carbonyl (C=O) groups excluding carboxylic acids is 1. The molecule has 0 aliphatic carbocycles. The molecule has 0 saturated carbocycles. The number of benzene rings is 1. The summed E-state index contributed by atoms with van der Waals surface area (Å²) < 4.78 is 12.9. The third-order valence-electron chi connectivity index (χ3n) is 5.68. The molecule has 186 valence electrons. The maximum Gasteiger partial charge on any atom is 0.314 e. The van der Waals surface area contributed by atoms with Crippen molar-refractivity contribution in [2.75, 3.05) is 51.4 Å². The van der Waals surface area contributed by atoms with Crippen LogP contribution in [0.25, 0.3) is 11.3 Å². The lowest BCUT2D eigenvalue weighted by Gasteiger charge is -2.28. The van der Waals surface area contributed by atoms with Crippen LogP contribution in [0.2, 0.25) is 0 Å². The van der Waals surface area contributed by atoms with Crippen molar-refractivity contribution in [2.45, 2.75) is 19.9 Å². The molecular weight excluding hydrogens is 464 g/mol. The summed E-state index contributed by atoms with van der Waals surface area (Å²) in [5.74, 6) is 1.32. The van der Waals surface area contributed by atoms with Gasteiger partial charge in [0.2, 0.25) is 0 Å². The highest BCUT2D eigenvalue weighted by molar-refractivity contribution is 7.07. The van der Waals surface area contributed by atoms with Gasteiger partial charge in [-0.05, 0) is 43.2 Å². The highest BCUT2D eigenvalue weighted by atomic mass is 32.1. The van der Waals surface area contributed by atoms with E-state index in [1.165, 1.54) is 5.69 Å². The molecule has 2 amide bonds. The van der Waals surface area contributed by atoms with E-state index >= 15 is 0 Å². The number of aromatic nitrogens is 2. The molecule has 1 aromatic carbocycles. The zero-order valence-electron chi connectivity index (χ0n) is 20.2. The molecule has 0 radical (unpaired) electrons. The number of carbonyl (C=O) groups is 1. The molecule has 3 aromatic rings. The molecule has 3 heterocycles. The van der Waals surface area contributed by atoms with Crippen LogP contribution in [0.3, 0.4) is 0 Å². The molecule has 1 saturated heterocycles. The predicted octanol–water partition coefficient (Wildman–Crippen LogP) is 3.40. The van der Waals surface area contributed by atoms with Gasteiger partial charge in [0.1, 0.15) is 5.75 Å². The van der Waals surface area contributed by atoms with Crippen LogP contribution in [-0.2, 0) is 11.3 Å². The van der Waals surface area contributed by atoms with Crippen LogP contribution in [0, 0.1) is 0 Å². The number of hydrogen-bond acceptors (Lipinski definition) is 7. The number of rotatable bonds is 9. The van der Waals surface area contributed by atoms with Crippen molar-refractivity contribution in [3.63, 3.8) is 0 Å². The molecule has 2 N–H and O–H groups in total. The first kappa shape index (κ1) is 24.7. The van der Waals surface area contributed by atoms with E-state index < -0.39 is 0 Å². The Morgan fingerprint density at radius 1 is 1.17 bits per heavy atom. The van der Waals surface area contributed by atoms with Crippen molar-refractivity contribution in [3.05, 3.63) is 52.8 Å². The molecule has 1 aliphatic rings. The van der Waals surface area contributed by atoms with Gasteiger partial charge in [-0.1, -0.05) is 12.1 Å². The van der Waals surface area contributed by atoms with Crippen molar-refractivity contribution >= 4 is 28.9 Å². The lowest BCUT2D eigenvalue weighted by Crippen LogP contribution is -2.36. The number of ether oxygens (including phenoxy) is 2. The second-order valence-corrected chi connectivity index (χ2v) is 8.85. The zero-order valence-corrected chi connectivity index (χ0v) is 21.0. The maximum absolute atomic E-state index is 11.7. The molecule has 0 spiro atoms. The predicted molar refractivity (Wildman–Crippen MR) is 138 cm³/mol. The van der Waals surface area contributed by atoms with Crippen molar-refractivity contribution in [3.8, 4) is 17.0 Å². The number of thiazole rings is 1. The van der Waals surface area contributed by atoms with Crippen molar-refractivity contribution in [1.29, 1.82) is 0 Å². The number of nitrogens with zero attached hydrogens (tertiary/aromatic N) is 4. The van der Waals surface area contributed by atoms with Crippen LogP contribution in [0.1, 0.15) is 13.3 Å². The normalized spacial score (nSPS) is 14.1. The Hall–Kier alpha value is -3.37.